The van der Waals surface area contributed by atoms with Crippen LogP contribution in [0.1, 0.15) is 18.1 Å². The van der Waals surface area contributed by atoms with E-state index in [9.17, 15) is 4.79 Å². The van der Waals surface area contributed by atoms with Gasteiger partial charge in [-0.1, -0.05) is 18.2 Å². The van der Waals surface area contributed by atoms with E-state index in [1.165, 1.54) is 0 Å². The zero-order chi connectivity index (χ0) is 10.1. The van der Waals surface area contributed by atoms with Crippen molar-refractivity contribution in [1.82, 2.24) is 0 Å². The SMILES string of the molecule is CC(N)Cc1cccc2c1NC(=O)C2. The molecule has 0 saturated carbocycles. The summed E-state index contributed by atoms with van der Waals surface area (Å²) >= 11 is 0. The average Bonchev–Trinajstić information content (AvgIpc) is 2.45. The summed E-state index contributed by atoms with van der Waals surface area (Å²) < 4.78 is 0. The Morgan fingerprint density at radius 1 is 1.57 bits per heavy atom. The minimum absolute atomic E-state index is 0.0807. The summed E-state index contributed by atoms with van der Waals surface area (Å²) in [6.07, 6.45) is 1.31. The van der Waals surface area contributed by atoms with E-state index in [1.807, 2.05) is 25.1 Å². The van der Waals surface area contributed by atoms with Crippen molar-refractivity contribution in [3.8, 4) is 0 Å². The molecule has 0 saturated heterocycles. The van der Waals surface area contributed by atoms with Crippen LogP contribution in [-0.2, 0) is 17.6 Å². The second-order valence-electron chi connectivity index (χ2n) is 3.86. The maximum Gasteiger partial charge on any atom is 0.228 e. The van der Waals surface area contributed by atoms with Gasteiger partial charge < -0.3 is 11.1 Å². The molecule has 1 amide bonds. The van der Waals surface area contributed by atoms with E-state index >= 15 is 0 Å². The van der Waals surface area contributed by atoms with Gasteiger partial charge in [-0.05, 0) is 24.5 Å². The van der Waals surface area contributed by atoms with Gasteiger partial charge in [0.1, 0.15) is 0 Å². The topological polar surface area (TPSA) is 55.1 Å². The van der Waals surface area contributed by atoms with Crippen molar-refractivity contribution in [2.45, 2.75) is 25.8 Å². The standard InChI is InChI=1S/C11H14N2O/c1-7(12)5-8-3-2-4-9-6-10(14)13-11(8)9/h2-4,7H,5-6,12H2,1H3,(H,13,14). The minimum atomic E-state index is 0.0807. The number of hydrogen-bond donors (Lipinski definition) is 2. The number of para-hydroxylation sites is 1. The predicted molar refractivity (Wildman–Crippen MR) is 56.1 cm³/mol. The van der Waals surface area contributed by atoms with Gasteiger partial charge in [-0.15, -0.1) is 0 Å². The van der Waals surface area contributed by atoms with Crippen LogP contribution in [0.5, 0.6) is 0 Å². The highest BCUT2D eigenvalue weighted by Gasteiger charge is 2.20. The van der Waals surface area contributed by atoms with Crippen LogP contribution in [0, 0.1) is 0 Å². The number of carbonyl (C=O) groups is 1. The number of fused-ring (bicyclic) bond motifs is 1. The van der Waals surface area contributed by atoms with Crippen LogP contribution in [0.25, 0.3) is 0 Å². The quantitative estimate of drug-likeness (QED) is 0.733. The Hall–Kier alpha value is -1.35. The average molecular weight is 190 g/mol. The van der Waals surface area contributed by atoms with Gasteiger partial charge in [0, 0.05) is 11.7 Å². The zero-order valence-electron chi connectivity index (χ0n) is 8.21. The molecule has 0 spiro atoms. The summed E-state index contributed by atoms with van der Waals surface area (Å²) in [5.74, 6) is 0.0807. The molecule has 0 radical (unpaired) electrons. The molecule has 3 nitrogen and oxygen atoms in total. The first kappa shape index (κ1) is 9.21. The van der Waals surface area contributed by atoms with Crippen molar-refractivity contribution >= 4 is 11.6 Å². The number of anilines is 1. The van der Waals surface area contributed by atoms with Crippen LogP contribution in [0.2, 0.25) is 0 Å². The lowest BCUT2D eigenvalue weighted by Crippen LogP contribution is -2.18. The molecule has 0 bridgehead atoms. The molecule has 2 rings (SSSR count). The van der Waals surface area contributed by atoms with Gasteiger partial charge in [0.05, 0.1) is 6.42 Å². The molecule has 14 heavy (non-hydrogen) atoms. The second kappa shape index (κ2) is 3.42. The smallest absolute Gasteiger partial charge is 0.228 e. The number of benzene rings is 1. The second-order valence-corrected chi connectivity index (χ2v) is 3.86. The van der Waals surface area contributed by atoms with E-state index in [0.29, 0.717) is 6.42 Å². The number of nitrogens with one attached hydrogen (secondary N) is 1. The fraction of sp³-hybridized carbons (Fsp3) is 0.364. The number of nitrogens with two attached hydrogens (primary N) is 1. The molecule has 3 N–H and O–H groups in total. The summed E-state index contributed by atoms with van der Waals surface area (Å²) in [5.41, 5.74) is 8.95. The summed E-state index contributed by atoms with van der Waals surface area (Å²) in [6.45, 7) is 1.97. The normalized spacial score (nSPS) is 16.3. The maximum atomic E-state index is 11.2. The third-order valence-corrected chi connectivity index (χ3v) is 2.39. The van der Waals surface area contributed by atoms with Gasteiger partial charge in [0.2, 0.25) is 5.91 Å². The van der Waals surface area contributed by atoms with Gasteiger partial charge >= 0.3 is 0 Å². The van der Waals surface area contributed by atoms with E-state index < -0.39 is 0 Å². The minimum Gasteiger partial charge on any atom is -0.328 e. The van der Waals surface area contributed by atoms with Crippen molar-refractivity contribution in [3.63, 3.8) is 0 Å². The van der Waals surface area contributed by atoms with Crippen molar-refractivity contribution in [3.05, 3.63) is 29.3 Å². The van der Waals surface area contributed by atoms with E-state index in [0.717, 1.165) is 23.2 Å². The number of rotatable bonds is 2. The monoisotopic (exact) mass is 190 g/mol. The fourth-order valence-corrected chi connectivity index (χ4v) is 1.83. The van der Waals surface area contributed by atoms with Crippen LogP contribution in [0.15, 0.2) is 18.2 Å². The predicted octanol–water partition coefficient (Wildman–Crippen LogP) is 1.07. The molecule has 3 heteroatoms. The molecule has 0 aliphatic carbocycles. The number of hydrogen-bond acceptors (Lipinski definition) is 2. The third kappa shape index (κ3) is 1.63. The molecular formula is C11H14N2O. The largest absolute Gasteiger partial charge is 0.328 e. The first-order valence-corrected chi connectivity index (χ1v) is 4.83. The molecule has 1 atom stereocenters. The molecule has 1 aliphatic rings. The molecule has 0 aromatic heterocycles. The van der Waals surface area contributed by atoms with E-state index in [-0.39, 0.29) is 11.9 Å². The zero-order valence-corrected chi connectivity index (χ0v) is 8.21. The highest BCUT2D eigenvalue weighted by molar-refractivity contribution is 6.00. The number of amides is 1. The molecule has 74 valence electrons. The third-order valence-electron chi connectivity index (χ3n) is 2.39. The molecule has 0 fully saturated rings. The molecular weight excluding hydrogens is 176 g/mol. The van der Waals surface area contributed by atoms with Gasteiger partial charge in [0.15, 0.2) is 0 Å². The van der Waals surface area contributed by atoms with Gasteiger partial charge in [-0.2, -0.15) is 0 Å². The van der Waals surface area contributed by atoms with Gasteiger partial charge in [-0.3, -0.25) is 4.79 Å². The van der Waals surface area contributed by atoms with Crippen molar-refractivity contribution < 1.29 is 4.79 Å². The fourth-order valence-electron chi connectivity index (χ4n) is 1.83. The molecule has 1 unspecified atom stereocenters. The highest BCUT2D eigenvalue weighted by atomic mass is 16.1. The number of carbonyl (C=O) groups excluding carboxylic acids is 1. The van der Waals surface area contributed by atoms with E-state index in [2.05, 4.69) is 5.32 Å². The lowest BCUT2D eigenvalue weighted by atomic mass is 10.0. The van der Waals surface area contributed by atoms with Crippen LogP contribution in [-0.4, -0.2) is 11.9 Å². The molecule has 1 aliphatic heterocycles. The van der Waals surface area contributed by atoms with Gasteiger partial charge in [-0.25, -0.2) is 0 Å². The lowest BCUT2D eigenvalue weighted by Gasteiger charge is -2.09. The van der Waals surface area contributed by atoms with Crippen LogP contribution in [0.3, 0.4) is 0 Å². The Kier molecular flexibility index (Phi) is 2.25. The van der Waals surface area contributed by atoms with E-state index in [1.54, 1.807) is 0 Å². The Morgan fingerprint density at radius 3 is 3.07 bits per heavy atom. The lowest BCUT2D eigenvalue weighted by molar-refractivity contribution is -0.115. The summed E-state index contributed by atoms with van der Waals surface area (Å²) in [5, 5.41) is 2.88. The summed E-state index contributed by atoms with van der Waals surface area (Å²) in [7, 11) is 0. The molecule has 1 aromatic carbocycles. The van der Waals surface area contributed by atoms with Crippen LogP contribution in [0.4, 0.5) is 5.69 Å². The van der Waals surface area contributed by atoms with Crippen molar-refractivity contribution in [1.29, 1.82) is 0 Å². The first-order chi connectivity index (χ1) is 6.66. The molecule has 1 aromatic rings. The van der Waals surface area contributed by atoms with E-state index in [4.69, 9.17) is 5.73 Å². The Bertz CT molecular complexity index is 372. The van der Waals surface area contributed by atoms with Crippen molar-refractivity contribution in [2.24, 2.45) is 5.73 Å². The van der Waals surface area contributed by atoms with Gasteiger partial charge in [0.25, 0.3) is 0 Å². The van der Waals surface area contributed by atoms with Crippen molar-refractivity contribution in [2.75, 3.05) is 5.32 Å². The Balaban J connectivity index is 2.34. The first-order valence-electron chi connectivity index (χ1n) is 4.83. The van der Waals surface area contributed by atoms with Crippen LogP contribution >= 0.6 is 0 Å². The molecule has 1 heterocycles. The summed E-state index contributed by atoms with van der Waals surface area (Å²) in [4.78, 5) is 11.2. The maximum absolute atomic E-state index is 11.2. The van der Waals surface area contributed by atoms with Crippen LogP contribution < -0.4 is 11.1 Å². The summed E-state index contributed by atoms with van der Waals surface area (Å²) in [6, 6.07) is 6.11. The Morgan fingerprint density at radius 2 is 2.36 bits per heavy atom. The Labute approximate surface area is 83.3 Å². The highest BCUT2D eigenvalue weighted by Crippen LogP contribution is 2.27.